The summed E-state index contributed by atoms with van der Waals surface area (Å²) in [5.74, 6) is 1.51. The Balaban J connectivity index is 1.72. The van der Waals surface area contributed by atoms with Gasteiger partial charge in [0.05, 0.1) is 13.2 Å². The lowest BCUT2D eigenvalue weighted by Crippen LogP contribution is -2.11. The molecule has 2 aromatic rings. The second-order valence-corrected chi connectivity index (χ2v) is 7.67. The van der Waals surface area contributed by atoms with Crippen molar-refractivity contribution in [3.63, 3.8) is 0 Å². The molecule has 0 aromatic heterocycles. The van der Waals surface area contributed by atoms with E-state index in [0.717, 1.165) is 43.2 Å². The van der Waals surface area contributed by atoms with E-state index in [1.165, 1.54) is 44.9 Å². The molecule has 0 aliphatic carbocycles. The molecule has 0 radical (unpaired) electrons. The van der Waals surface area contributed by atoms with Crippen LogP contribution in [0, 0.1) is 0 Å². The van der Waals surface area contributed by atoms with Crippen LogP contribution in [0.1, 0.15) is 82.0 Å². The van der Waals surface area contributed by atoms with E-state index >= 15 is 0 Å². The van der Waals surface area contributed by atoms with Gasteiger partial charge in [-0.3, -0.25) is 4.79 Å². The Bertz CT molecular complexity index is 710. The first-order chi connectivity index (χ1) is 14.7. The molecule has 0 heterocycles. The molecule has 0 saturated carbocycles. The van der Waals surface area contributed by atoms with E-state index in [9.17, 15) is 4.79 Å². The summed E-state index contributed by atoms with van der Waals surface area (Å²) >= 11 is 0. The zero-order valence-corrected chi connectivity index (χ0v) is 18.6. The van der Waals surface area contributed by atoms with Crippen molar-refractivity contribution in [2.75, 3.05) is 18.5 Å². The highest BCUT2D eigenvalue weighted by Crippen LogP contribution is 2.18. The minimum absolute atomic E-state index is 0.130. The monoisotopic (exact) mass is 411 g/mol. The number of unbranched alkanes of at least 4 members (excludes halogenated alkanes) is 7. The fraction of sp³-hybridized carbons (Fsp3) is 0.500. The van der Waals surface area contributed by atoms with Crippen molar-refractivity contribution in [1.29, 1.82) is 0 Å². The highest BCUT2D eigenvalue weighted by Gasteiger charge is 2.07. The number of benzene rings is 2. The normalized spacial score (nSPS) is 10.6. The van der Waals surface area contributed by atoms with Gasteiger partial charge in [0.1, 0.15) is 11.5 Å². The number of carbonyl (C=O) groups excluding carboxylic acids is 1. The van der Waals surface area contributed by atoms with Crippen LogP contribution in [0.4, 0.5) is 5.69 Å². The molecule has 0 aliphatic heterocycles. The van der Waals surface area contributed by atoms with Gasteiger partial charge in [-0.15, -0.1) is 0 Å². The van der Waals surface area contributed by atoms with Crippen LogP contribution in [-0.4, -0.2) is 19.1 Å². The van der Waals surface area contributed by atoms with Gasteiger partial charge >= 0.3 is 0 Å². The Morgan fingerprint density at radius 1 is 0.667 bits per heavy atom. The van der Waals surface area contributed by atoms with Gasteiger partial charge in [-0.25, -0.2) is 0 Å². The van der Waals surface area contributed by atoms with Crippen LogP contribution in [-0.2, 0) is 0 Å². The van der Waals surface area contributed by atoms with Crippen LogP contribution in [0.3, 0.4) is 0 Å². The number of rotatable bonds is 15. The van der Waals surface area contributed by atoms with Crippen LogP contribution < -0.4 is 14.8 Å². The SMILES string of the molecule is CCCCCCCOc1ccc(C(=O)Nc2ccc(OCCCCCC)cc2)cc1. The second kappa shape index (κ2) is 14.5. The van der Waals surface area contributed by atoms with E-state index in [1.54, 1.807) is 12.1 Å². The fourth-order valence-electron chi connectivity index (χ4n) is 3.15. The molecule has 1 amide bonds. The third kappa shape index (κ3) is 9.34. The number of nitrogens with one attached hydrogen (secondary N) is 1. The summed E-state index contributed by atoms with van der Waals surface area (Å²) in [6.45, 7) is 5.88. The van der Waals surface area contributed by atoms with E-state index in [0.29, 0.717) is 5.56 Å². The molecule has 0 atom stereocenters. The molecule has 1 N–H and O–H groups in total. The van der Waals surface area contributed by atoms with Gasteiger partial charge in [0.25, 0.3) is 5.91 Å². The van der Waals surface area contributed by atoms with Gasteiger partial charge in [0.2, 0.25) is 0 Å². The van der Waals surface area contributed by atoms with E-state index in [1.807, 2.05) is 36.4 Å². The van der Waals surface area contributed by atoms with Crippen LogP contribution in [0.5, 0.6) is 11.5 Å². The van der Waals surface area contributed by atoms with Crippen molar-refractivity contribution in [3.05, 3.63) is 54.1 Å². The molecule has 2 aromatic carbocycles. The van der Waals surface area contributed by atoms with Gasteiger partial charge in [0, 0.05) is 11.3 Å². The molecule has 2 rings (SSSR count). The van der Waals surface area contributed by atoms with Gasteiger partial charge in [0.15, 0.2) is 0 Å². The minimum atomic E-state index is -0.130. The summed E-state index contributed by atoms with van der Waals surface area (Å²) in [5, 5.41) is 2.93. The molecule has 30 heavy (non-hydrogen) atoms. The molecule has 164 valence electrons. The van der Waals surface area contributed by atoms with Crippen molar-refractivity contribution in [2.24, 2.45) is 0 Å². The molecule has 0 aliphatic rings. The molecular formula is C26H37NO3. The lowest BCUT2D eigenvalue weighted by Gasteiger charge is -2.09. The van der Waals surface area contributed by atoms with Gasteiger partial charge in [-0.1, -0.05) is 58.8 Å². The first-order valence-electron chi connectivity index (χ1n) is 11.5. The number of amides is 1. The smallest absolute Gasteiger partial charge is 0.255 e. The summed E-state index contributed by atoms with van der Waals surface area (Å²) in [6.07, 6.45) is 10.8. The van der Waals surface area contributed by atoms with Crippen molar-refractivity contribution in [1.82, 2.24) is 0 Å². The molecule has 4 nitrogen and oxygen atoms in total. The van der Waals surface area contributed by atoms with Gasteiger partial charge in [-0.05, 0) is 61.4 Å². The Hall–Kier alpha value is -2.49. The number of anilines is 1. The Labute approximate surface area is 182 Å². The summed E-state index contributed by atoms with van der Waals surface area (Å²) in [5.41, 5.74) is 1.37. The third-order valence-electron chi connectivity index (χ3n) is 5.01. The predicted molar refractivity (Wildman–Crippen MR) is 125 cm³/mol. The summed E-state index contributed by atoms with van der Waals surface area (Å²) < 4.78 is 11.5. The number of hydrogen-bond donors (Lipinski definition) is 1. The highest BCUT2D eigenvalue weighted by molar-refractivity contribution is 6.04. The Kier molecular flexibility index (Phi) is 11.5. The Morgan fingerprint density at radius 2 is 1.13 bits per heavy atom. The average molecular weight is 412 g/mol. The minimum Gasteiger partial charge on any atom is -0.494 e. The van der Waals surface area contributed by atoms with E-state index in [4.69, 9.17) is 9.47 Å². The first-order valence-corrected chi connectivity index (χ1v) is 11.5. The van der Waals surface area contributed by atoms with Crippen LogP contribution in [0.2, 0.25) is 0 Å². The number of hydrogen-bond acceptors (Lipinski definition) is 3. The van der Waals surface area contributed by atoms with E-state index in [2.05, 4.69) is 19.2 Å². The maximum Gasteiger partial charge on any atom is 0.255 e. The third-order valence-corrected chi connectivity index (χ3v) is 5.01. The Morgan fingerprint density at radius 3 is 1.67 bits per heavy atom. The average Bonchev–Trinajstić information content (AvgIpc) is 2.77. The van der Waals surface area contributed by atoms with Gasteiger partial charge in [-0.2, -0.15) is 0 Å². The van der Waals surface area contributed by atoms with E-state index < -0.39 is 0 Å². The maximum absolute atomic E-state index is 12.5. The quantitative estimate of drug-likeness (QED) is 0.314. The predicted octanol–water partition coefficient (Wildman–Crippen LogP) is 7.25. The lowest BCUT2D eigenvalue weighted by atomic mass is 10.1. The molecular weight excluding hydrogens is 374 g/mol. The molecule has 4 heteroatoms. The molecule has 0 unspecified atom stereocenters. The van der Waals surface area contributed by atoms with Crippen molar-refractivity contribution in [3.8, 4) is 11.5 Å². The fourth-order valence-corrected chi connectivity index (χ4v) is 3.15. The summed E-state index contributed by atoms with van der Waals surface area (Å²) in [4.78, 5) is 12.5. The summed E-state index contributed by atoms with van der Waals surface area (Å²) in [7, 11) is 0. The number of carbonyl (C=O) groups is 1. The molecule has 0 saturated heterocycles. The van der Waals surface area contributed by atoms with Crippen molar-refractivity contribution in [2.45, 2.75) is 71.6 Å². The summed E-state index contributed by atoms with van der Waals surface area (Å²) in [6, 6.07) is 14.8. The zero-order valence-electron chi connectivity index (χ0n) is 18.6. The first kappa shape index (κ1) is 23.8. The van der Waals surface area contributed by atoms with Crippen LogP contribution in [0.25, 0.3) is 0 Å². The van der Waals surface area contributed by atoms with Crippen molar-refractivity contribution < 1.29 is 14.3 Å². The molecule has 0 spiro atoms. The van der Waals surface area contributed by atoms with Crippen molar-refractivity contribution >= 4 is 11.6 Å². The topological polar surface area (TPSA) is 47.6 Å². The zero-order chi connectivity index (χ0) is 21.4. The van der Waals surface area contributed by atoms with Gasteiger partial charge < -0.3 is 14.8 Å². The maximum atomic E-state index is 12.5. The van der Waals surface area contributed by atoms with Crippen LogP contribution >= 0.6 is 0 Å². The second-order valence-electron chi connectivity index (χ2n) is 7.67. The largest absolute Gasteiger partial charge is 0.494 e. The van der Waals surface area contributed by atoms with Crippen LogP contribution in [0.15, 0.2) is 48.5 Å². The number of ether oxygens (including phenoxy) is 2. The highest BCUT2D eigenvalue weighted by atomic mass is 16.5. The molecule has 0 fully saturated rings. The van der Waals surface area contributed by atoms with E-state index in [-0.39, 0.29) is 5.91 Å². The lowest BCUT2D eigenvalue weighted by molar-refractivity contribution is 0.102. The standard InChI is InChI=1S/C26H37NO3/c1-3-5-7-9-11-21-29-24-16-12-22(13-17-24)26(28)27-23-14-18-25(19-15-23)30-20-10-8-6-4-2/h12-19H,3-11,20-21H2,1-2H3,(H,27,28). The molecule has 0 bridgehead atoms.